The van der Waals surface area contributed by atoms with Gasteiger partial charge in [-0.3, -0.25) is 0 Å². The van der Waals surface area contributed by atoms with E-state index in [9.17, 15) is 8.42 Å². The Kier molecular flexibility index (Phi) is 22.2. The molecule has 0 amide bonds. The topological polar surface area (TPSA) is 89.5 Å². The third-order valence-electron chi connectivity index (χ3n) is 3.85. The van der Waals surface area contributed by atoms with E-state index >= 15 is 0 Å². The van der Waals surface area contributed by atoms with Crippen molar-refractivity contribution in [2.75, 3.05) is 66.1 Å². The van der Waals surface area contributed by atoms with E-state index in [1.165, 1.54) is 0 Å². The van der Waals surface area contributed by atoms with Crippen LogP contribution in [0.3, 0.4) is 0 Å². The molecule has 0 unspecified atom stereocenters. The fourth-order valence-electron chi connectivity index (χ4n) is 2.11. The van der Waals surface area contributed by atoms with Gasteiger partial charge in [0.25, 0.3) is 0 Å². The molecule has 0 saturated carbocycles. The van der Waals surface area contributed by atoms with Crippen LogP contribution in [0.15, 0.2) is 0 Å². The monoisotopic (exact) mass is 442 g/mol. The van der Waals surface area contributed by atoms with Gasteiger partial charge in [0, 0.05) is 26.4 Å². The lowest BCUT2D eigenvalue weighted by atomic mass is 10.3. The van der Waals surface area contributed by atoms with Gasteiger partial charge in [-0.05, 0) is 38.5 Å². The molecule has 29 heavy (non-hydrogen) atoms. The van der Waals surface area contributed by atoms with Gasteiger partial charge in [0.2, 0.25) is 0 Å². The molecule has 0 bridgehead atoms. The van der Waals surface area contributed by atoms with Crippen LogP contribution in [0.5, 0.6) is 0 Å². The summed E-state index contributed by atoms with van der Waals surface area (Å²) >= 11 is 0. The van der Waals surface area contributed by atoms with E-state index in [0.29, 0.717) is 52.5 Å². The predicted molar refractivity (Wildman–Crippen MR) is 112 cm³/mol. The number of rotatable bonds is 24. The molecule has 0 aliphatic rings. The predicted octanol–water partition coefficient (Wildman–Crippen LogP) is 3.49. The minimum atomic E-state index is -3.92. The summed E-state index contributed by atoms with van der Waals surface area (Å²) in [5.74, 6) is 0. The van der Waals surface area contributed by atoms with Crippen LogP contribution in [0.1, 0.15) is 65.2 Å². The smallest absolute Gasteiger partial charge is 0.379 e. The summed E-state index contributed by atoms with van der Waals surface area (Å²) in [6.07, 6.45) is 7.01. The molecule has 0 aromatic heterocycles. The van der Waals surface area contributed by atoms with Gasteiger partial charge in [-0.1, -0.05) is 26.7 Å². The molecular formula is C20H42O8S. The molecule has 0 heterocycles. The first-order chi connectivity index (χ1) is 14.1. The molecule has 176 valence electrons. The summed E-state index contributed by atoms with van der Waals surface area (Å²) in [7, 11) is -3.92. The summed E-state index contributed by atoms with van der Waals surface area (Å²) in [4.78, 5) is 0. The zero-order chi connectivity index (χ0) is 21.5. The second-order valence-electron chi connectivity index (χ2n) is 6.62. The maximum absolute atomic E-state index is 11.6. The zero-order valence-corrected chi connectivity index (χ0v) is 19.2. The van der Waals surface area contributed by atoms with E-state index < -0.39 is 10.4 Å². The van der Waals surface area contributed by atoms with Crippen molar-refractivity contribution in [2.45, 2.75) is 65.2 Å². The molecule has 9 heteroatoms. The van der Waals surface area contributed by atoms with E-state index in [0.717, 1.165) is 51.7 Å². The van der Waals surface area contributed by atoms with Gasteiger partial charge in [0.1, 0.15) is 0 Å². The van der Waals surface area contributed by atoms with Gasteiger partial charge >= 0.3 is 10.4 Å². The molecular weight excluding hydrogens is 400 g/mol. The first kappa shape index (κ1) is 28.7. The number of hydrogen-bond donors (Lipinski definition) is 0. The summed E-state index contributed by atoms with van der Waals surface area (Å²) in [5.41, 5.74) is 0. The molecule has 8 nitrogen and oxygen atoms in total. The van der Waals surface area contributed by atoms with Gasteiger partial charge in [-0.15, -0.1) is 0 Å². The van der Waals surface area contributed by atoms with Crippen LogP contribution in [0.4, 0.5) is 0 Å². The van der Waals surface area contributed by atoms with Crippen molar-refractivity contribution in [1.29, 1.82) is 0 Å². The maximum Gasteiger partial charge on any atom is 0.399 e. The molecule has 0 fully saturated rings. The van der Waals surface area contributed by atoms with Crippen LogP contribution in [-0.4, -0.2) is 74.5 Å². The van der Waals surface area contributed by atoms with Crippen molar-refractivity contribution in [3.8, 4) is 0 Å². The molecule has 0 aromatic carbocycles. The summed E-state index contributed by atoms with van der Waals surface area (Å²) in [6.45, 7) is 9.40. The number of unbranched alkanes of at least 4 members (excludes halogenated alkanes) is 4. The molecule has 0 aliphatic heterocycles. The molecule has 0 atom stereocenters. The van der Waals surface area contributed by atoms with Crippen molar-refractivity contribution in [2.24, 2.45) is 0 Å². The third kappa shape index (κ3) is 23.9. The highest BCUT2D eigenvalue weighted by Crippen LogP contribution is 2.02. The first-order valence-electron chi connectivity index (χ1n) is 11.0. The van der Waals surface area contributed by atoms with Crippen molar-refractivity contribution in [1.82, 2.24) is 0 Å². The van der Waals surface area contributed by atoms with Gasteiger partial charge in [0.05, 0.1) is 39.6 Å². The highest BCUT2D eigenvalue weighted by molar-refractivity contribution is 7.81. The molecule has 0 radical (unpaired) electrons. The quantitative estimate of drug-likeness (QED) is 0.210. The van der Waals surface area contributed by atoms with E-state index in [1.54, 1.807) is 0 Å². The summed E-state index contributed by atoms with van der Waals surface area (Å²) in [5, 5.41) is 0. The van der Waals surface area contributed by atoms with E-state index in [2.05, 4.69) is 13.8 Å². The third-order valence-corrected chi connectivity index (χ3v) is 4.76. The first-order valence-corrected chi connectivity index (χ1v) is 12.3. The van der Waals surface area contributed by atoms with Crippen LogP contribution >= 0.6 is 0 Å². The lowest BCUT2D eigenvalue weighted by Gasteiger charge is -2.08. The van der Waals surface area contributed by atoms with Crippen molar-refractivity contribution >= 4 is 10.4 Å². The minimum absolute atomic E-state index is 0.0971. The average Bonchev–Trinajstić information content (AvgIpc) is 2.70. The number of hydrogen-bond acceptors (Lipinski definition) is 8. The highest BCUT2D eigenvalue weighted by atomic mass is 32.3. The molecule has 0 spiro atoms. The van der Waals surface area contributed by atoms with Gasteiger partial charge in [-0.25, -0.2) is 8.37 Å². The van der Waals surface area contributed by atoms with E-state index in [1.807, 2.05) is 0 Å². The molecule has 0 aromatic rings. The number of ether oxygens (including phenoxy) is 4. The normalized spacial score (nSPS) is 11.9. The van der Waals surface area contributed by atoms with Gasteiger partial charge < -0.3 is 18.9 Å². The minimum Gasteiger partial charge on any atom is -0.379 e. The van der Waals surface area contributed by atoms with E-state index in [-0.39, 0.29) is 13.2 Å². The Hall–Kier alpha value is -0.290. The van der Waals surface area contributed by atoms with E-state index in [4.69, 9.17) is 27.3 Å². The Labute approximate surface area is 177 Å². The standard InChI is InChI=1S/C20H42O8S/c1-3-5-11-23-17-19-25-13-7-9-15-27-29(21,22)28-16-10-8-14-26-20-18-24-12-6-4-2/h3-20H2,1-2H3. The lowest BCUT2D eigenvalue weighted by Crippen LogP contribution is -2.13. The Morgan fingerprint density at radius 3 is 1.10 bits per heavy atom. The fourth-order valence-corrected chi connectivity index (χ4v) is 2.82. The second-order valence-corrected chi connectivity index (χ2v) is 7.91. The zero-order valence-electron chi connectivity index (χ0n) is 18.4. The van der Waals surface area contributed by atoms with Crippen molar-refractivity contribution < 1.29 is 35.7 Å². The SMILES string of the molecule is CCCCOCCOCCCCOS(=O)(=O)OCCCCOCCOCCCC. The Morgan fingerprint density at radius 2 is 0.759 bits per heavy atom. The Bertz CT molecular complexity index is 385. The van der Waals surface area contributed by atoms with Crippen LogP contribution in [0.2, 0.25) is 0 Å². The Morgan fingerprint density at radius 1 is 0.448 bits per heavy atom. The molecule has 0 N–H and O–H groups in total. The Balaban J connectivity index is 3.32. The van der Waals surface area contributed by atoms with Crippen LogP contribution in [-0.2, 0) is 37.7 Å². The van der Waals surface area contributed by atoms with Gasteiger partial charge in [0.15, 0.2) is 0 Å². The fraction of sp³-hybridized carbons (Fsp3) is 1.00. The highest BCUT2D eigenvalue weighted by Gasteiger charge is 2.11. The average molecular weight is 443 g/mol. The molecule has 0 aliphatic carbocycles. The molecule has 0 rings (SSSR count). The van der Waals surface area contributed by atoms with Crippen LogP contribution < -0.4 is 0 Å². The summed E-state index contributed by atoms with van der Waals surface area (Å²) < 4.78 is 54.4. The van der Waals surface area contributed by atoms with Crippen LogP contribution in [0, 0.1) is 0 Å². The largest absolute Gasteiger partial charge is 0.399 e. The van der Waals surface area contributed by atoms with Crippen molar-refractivity contribution in [3.05, 3.63) is 0 Å². The summed E-state index contributed by atoms with van der Waals surface area (Å²) in [6, 6.07) is 0. The van der Waals surface area contributed by atoms with Crippen LogP contribution in [0.25, 0.3) is 0 Å². The maximum atomic E-state index is 11.6. The van der Waals surface area contributed by atoms with Crippen molar-refractivity contribution in [3.63, 3.8) is 0 Å². The molecule has 0 saturated heterocycles. The second kappa shape index (κ2) is 22.4. The lowest BCUT2D eigenvalue weighted by molar-refractivity contribution is 0.0439. The van der Waals surface area contributed by atoms with Gasteiger partial charge in [-0.2, -0.15) is 8.42 Å².